The van der Waals surface area contributed by atoms with Crippen LogP contribution in [0.15, 0.2) is 93.5 Å². The van der Waals surface area contributed by atoms with Crippen molar-refractivity contribution in [2.45, 2.75) is 74.4 Å². The lowest BCUT2D eigenvalue weighted by Crippen LogP contribution is -2.23. The molecular weight excluding hydrogens is 432 g/mol. The first-order chi connectivity index (χ1) is 15.4. The highest BCUT2D eigenvalue weighted by atomic mass is 32.3. The maximum absolute atomic E-state index is 12.4. The van der Waals surface area contributed by atoms with E-state index in [0.717, 1.165) is 26.2 Å². The molecule has 4 nitrogen and oxygen atoms in total. The lowest BCUT2D eigenvalue weighted by Gasteiger charge is -2.39. The van der Waals surface area contributed by atoms with Crippen molar-refractivity contribution in [1.82, 2.24) is 0 Å². The number of ether oxygens (including phenoxy) is 2. The maximum atomic E-state index is 12.4. The minimum atomic E-state index is -2.31. The first-order valence-electron chi connectivity index (χ1n) is 11.1. The second kappa shape index (κ2) is 9.52. The summed E-state index contributed by atoms with van der Waals surface area (Å²) >= 11 is 0. The van der Waals surface area contributed by atoms with Gasteiger partial charge in [0.1, 0.15) is 22.7 Å². The zero-order valence-electron chi connectivity index (χ0n) is 20.5. The molecule has 3 rings (SSSR count). The molecule has 0 radical (unpaired) electrons. The Labute approximate surface area is 199 Å². The van der Waals surface area contributed by atoms with Crippen molar-refractivity contribution in [3.63, 3.8) is 0 Å². The Hall–Kier alpha value is -2.92. The molecule has 3 aromatic rings. The molecule has 0 aliphatic carbocycles. The molecule has 0 unspecified atom stereocenters. The third-order valence-electron chi connectivity index (χ3n) is 4.48. The van der Waals surface area contributed by atoms with Gasteiger partial charge >= 0.3 is 5.97 Å². The zero-order valence-corrected chi connectivity index (χ0v) is 21.4. The van der Waals surface area contributed by atoms with Gasteiger partial charge in [0.25, 0.3) is 0 Å². The number of carbonyl (C=O) groups is 1. The molecule has 33 heavy (non-hydrogen) atoms. The monoisotopic (exact) mass is 466 g/mol. The molecule has 0 amide bonds. The van der Waals surface area contributed by atoms with Crippen molar-refractivity contribution in [3.8, 4) is 11.5 Å². The Bertz CT molecular complexity index is 1000. The van der Waals surface area contributed by atoms with Crippen LogP contribution in [0.1, 0.15) is 48.5 Å². The van der Waals surface area contributed by atoms with Crippen LogP contribution in [0, 0.1) is 0 Å². The molecule has 0 fully saturated rings. The Kier molecular flexibility index (Phi) is 7.13. The summed E-state index contributed by atoms with van der Waals surface area (Å²) in [4.78, 5) is 15.2. The molecule has 0 aliphatic rings. The second-order valence-corrected chi connectivity index (χ2v) is 12.5. The molecule has 0 aliphatic heterocycles. The van der Waals surface area contributed by atoms with Crippen LogP contribution in [0.3, 0.4) is 0 Å². The van der Waals surface area contributed by atoms with Gasteiger partial charge in [-0.25, -0.2) is 0 Å². The summed E-state index contributed by atoms with van der Waals surface area (Å²) in [5, 5.41) is 0. The number of carbonyl (C=O) groups excluding carboxylic acids is 1. The Morgan fingerprint density at radius 1 is 0.606 bits per heavy atom. The van der Waals surface area contributed by atoms with E-state index in [-0.39, 0.29) is 17.2 Å². The van der Waals surface area contributed by atoms with Crippen LogP contribution in [0.25, 0.3) is 0 Å². The van der Waals surface area contributed by atoms with Gasteiger partial charge in [-0.3, -0.25) is 4.79 Å². The van der Waals surface area contributed by atoms with Gasteiger partial charge in [0.2, 0.25) is 0 Å². The molecular formula is C28H34O4S. The molecule has 0 N–H and O–H groups in total. The highest BCUT2D eigenvalue weighted by Crippen LogP contribution is 2.69. The summed E-state index contributed by atoms with van der Waals surface area (Å²) in [6.45, 7) is 13.5. The van der Waals surface area contributed by atoms with Gasteiger partial charge in [-0.1, -0.05) is 18.2 Å². The summed E-state index contributed by atoms with van der Waals surface area (Å²) in [5.74, 6) is 1.20. The lowest BCUT2D eigenvalue weighted by atomic mass is 10.2. The van der Waals surface area contributed by atoms with Crippen LogP contribution in [-0.2, 0) is 8.98 Å². The predicted molar refractivity (Wildman–Crippen MR) is 134 cm³/mol. The summed E-state index contributed by atoms with van der Waals surface area (Å²) in [6, 6.07) is 25.6. The van der Waals surface area contributed by atoms with Gasteiger partial charge in [0.05, 0.1) is 0 Å². The summed E-state index contributed by atoms with van der Waals surface area (Å²) in [7, 11) is -2.31. The normalized spacial score (nSPS) is 12.7. The molecule has 3 aromatic carbocycles. The average Bonchev–Trinajstić information content (AvgIpc) is 2.71. The third-order valence-corrected chi connectivity index (χ3v) is 7.77. The van der Waals surface area contributed by atoms with Crippen LogP contribution >= 0.6 is 10.3 Å². The lowest BCUT2D eigenvalue weighted by molar-refractivity contribution is -0.131. The third kappa shape index (κ3) is 6.32. The fourth-order valence-electron chi connectivity index (χ4n) is 3.45. The summed E-state index contributed by atoms with van der Waals surface area (Å²) in [6.07, 6.45) is 0. The quantitative estimate of drug-likeness (QED) is 0.372. The van der Waals surface area contributed by atoms with Crippen LogP contribution in [0.5, 0.6) is 11.5 Å². The number of rotatable bonds is 6. The Balaban J connectivity index is 2.16. The Morgan fingerprint density at radius 2 is 0.970 bits per heavy atom. The standard InChI is InChI=1S/C28H34O4S/c1-21(29)32-33(24-11-9-8-10-12-24,25-17-13-22(14-18-25)30-27(2,3)4)26-19-15-23(16-20-26)31-28(5,6)7/h8-20H,1-7H3. The predicted octanol–water partition coefficient (Wildman–Crippen LogP) is 7.80. The van der Waals surface area contributed by atoms with Gasteiger partial charge in [0.15, 0.2) is 0 Å². The van der Waals surface area contributed by atoms with E-state index in [4.69, 9.17) is 13.7 Å². The van der Waals surface area contributed by atoms with E-state index >= 15 is 0 Å². The maximum Gasteiger partial charge on any atom is 0.313 e. The van der Waals surface area contributed by atoms with Crippen LogP contribution in [0.4, 0.5) is 0 Å². The first kappa shape index (κ1) is 24.7. The molecule has 0 bridgehead atoms. The zero-order chi connectivity index (χ0) is 24.3. The van der Waals surface area contributed by atoms with E-state index in [1.165, 1.54) is 6.92 Å². The average molecular weight is 467 g/mol. The SMILES string of the molecule is CC(=O)OS(c1ccccc1)(c1ccc(OC(C)(C)C)cc1)c1ccc(OC(C)(C)C)cc1. The van der Waals surface area contributed by atoms with Crippen molar-refractivity contribution in [3.05, 3.63) is 78.9 Å². The van der Waals surface area contributed by atoms with E-state index in [2.05, 4.69) is 0 Å². The fourth-order valence-corrected chi connectivity index (χ4v) is 6.48. The molecule has 0 atom stereocenters. The van der Waals surface area contributed by atoms with E-state index in [1.807, 2.05) is 120 Å². The van der Waals surface area contributed by atoms with E-state index < -0.39 is 10.3 Å². The molecule has 0 spiro atoms. The second-order valence-electron chi connectivity index (χ2n) is 9.82. The van der Waals surface area contributed by atoms with Crippen LogP contribution in [0.2, 0.25) is 0 Å². The van der Waals surface area contributed by atoms with Crippen LogP contribution in [-0.4, -0.2) is 17.2 Å². The summed E-state index contributed by atoms with van der Waals surface area (Å²) in [5.41, 5.74) is -0.604. The van der Waals surface area contributed by atoms with Gasteiger partial charge < -0.3 is 13.7 Å². The number of hydrogen-bond acceptors (Lipinski definition) is 4. The first-order valence-corrected chi connectivity index (χ1v) is 12.6. The van der Waals surface area contributed by atoms with E-state index in [0.29, 0.717) is 0 Å². The minimum absolute atomic E-state index is 0.302. The van der Waals surface area contributed by atoms with Gasteiger partial charge in [-0.15, -0.1) is 0 Å². The topological polar surface area (TPSA) is 44.8 Å². The summed E-state index contributed by atoms with van der Waals surface area (Å²) < 4.78 is 18.3. The van der Waals surface area contributed by atoms with Gasteiger partial charge in [0, 0.05) is 21.6 Å². The molecule has 0 aromatic heterocycles. The fraction of sp³-hybridized carbons (Fsp3) is 0.321. The minimum Gasteiger partial charge on any atom is -0.488 e. The van der Waals surface area contributed by atoms with Crippen molar-refractivity contribution in [2.75, 3.05) is 0 Å². The Morgan fingerprint density at radius 3 is 1.30 bits per heavy atom. The van der Waals surface area contributed by atoms with Crippen molar-refractivity contribution < 1.29 is 18.5 Å². The van der Waals surface area contributed by atoms with Gasteiger partial charge in [-0.2, -0.15) is 0 Å². The largest absolute Gasteiger partial charge is 0.488 e. The van der Waals surface area contributed by atoms with Crippen molar-refractivity contribution in [2.24, 2.45) is 0 Å². The highest BCUT2D eigenvalue weighted by molar-refractivity contribution is 8.30. The highest BCUT2D eigenvalue weighted by Gasteiger charge is 2.35. The van der Waals surface area contributed by atoms with E-state index in [1.54, 1.807) is 0 Å². The van der Waals surface area contributed by atoms with Crippen molar-refractivity contribution >= 4 is 16.3 Å². The number of benzene rings is 3. The molecule has 0 saturated heterocycles. The van der Waals surface area contributed by atoms with Crippen molar-refractivity contribution in [1.29, 1.82) is 0 Å². The van der Waals surface area contributed by atoms with E-state index in [9.17, 15) is 4.79 Å². The smallest absolute Gasteiger partial charge is 0.313 e. The van der Waals surface area contributed by atoms with Crippen LogP contribution < -0.4 is 9.47 Å². The van der Waals surface area contributed by atoms with Gasteiger partial charge in [-0.05, 0) is 113 Å². The molecule has 5 heteroatoms. The number of hydrogen-bond donors (Lipinski definition) is 0. The molecule has 0 saturated carbocycles. The molecule has 0 heterocycles. The molecule has 176 valence electrons.